The number of ether oxygens (including phenoxy) is 1. The van der Waals surface area contributed by atoms with E-state index in [9.17, 15) is 13.2 Å². The van der Waals surface area contributed by atoms with Crippen LogP contribution in [0.25, 0.3) is 0 Å². The Morgan fingerprint density at radius 2 is 1.75 bits per heavy atom. The van der Waals surface area contributed by atoms with Crippen molar-refractivity contribution in [1.29, 1.82) is 0 Å². The van der Waals surface area contributed by atoms with Crippen molar-refractivity contribution in [3.05, 3.63) is 28.8 Å². The normalized spacial score (nSPS) is 12.0. The van der Waals surface area contributed by atoms with Crippen LogP contribution < -0.4 is 10.5 Å². The van der Waals surface area contributed by atoms with E-state index >= 15 is 0 Å². The number of rotatable bonds is 6. The molecule has 20 heavy (non-hydrogen) atoms. The second kappa shape index (κ2) is 6.95. The number of nitrogens with zero attached hydrogens (tertiary/aromatic N) is 1. The molecule has 1 aromatic carbocycles. The van der Waals surface area contributed by atoms with Crippen LogP contribution in [0.3, 0.4) is 0 Å². The maximum atomic E-state index is 12.2. The van der Waals surface area contributed by atoms with Crippen LogP contribution in [0.4, 0.5) is 13.2 Å². The molecule has 0 atom stereocenters. The highest BCUT2D eigenvalue weighted by atomic mass is 19.4. The van der Waals surface area contributed by atoms with Gasteiger partial charge < -0.3 is 15.4 Å². The number of halogens is 3. The van der Waals surface area contributed by atoms with Crippen LogP contribution in [-0.2, 0) is 6.54 Å². The standard InChI is InChI=1S/C14H21F3N2O/c1-10-6-12(8-19(3)5-4-18)7-11(2)13(10)20-9-14(15,16)17/h6-7H,4-5,8-9,18H2,1-3H3. The van der Waals surface area contributed by atoms with E-state index in [0.29, 0.717) is 30.0 Å². The molecule has 0 amide bonds. The Balaban J connectivity index is 2.81. The first kappa shape index (κ1) is 16.8. The lowest BCUT2D eigenvalue weighted by molar-refractivity contribution is -0.153. The van der Waals surface area contributed by atoms with E-state index in [0.717, 1.165) is 12.1 Å². The van der Waals surface area contributed by atoms with E-state index in [4.69, 9.17) is 10.5 Å². The van der Waals surface area contributed by atoms with Gasteiger partial charge in [-0.3, -0.25) is 0 Å². The first-order valence-electron chi connectivity index (χ1n) is 6.41. The Hall–Kier alpha value is -1.27. The average Bonchev–Trinajstić information content (AvgIpc) is 2.26. The summed E-state index contributed by atoms with van der Waals surface area (Å²) >= 11 is 0. The van der Waals surface area contributed by atoms with Gasteiger partial charge in [0, 0.05) is 19.6 Å². The van der Waals surface area contributed by atoms with E-state index in [1.165, 1.54) is 0 Å². The van der Waals surface area contributed by atoms with Crippen LogP contribution in [0.1, 0.15) is 16.7 Å². The third kappa shape index (κ3) is 5.38. The van der Waals surface area contributed by atoms with Crippen molar-refractivity contribution in [1.82, 2.24) is 4.90 Å². The van der Waals surface area contributed by atoms with Crippen LogP contribution >= 0.6 is 0 Å². The molecule has 114 valence electrons. The average molecular weight is 290 g/mol. The molecule has 0 saturated heterocycles. The van der Waals surface area contributed by atoms with Gasteiger partial charge in [-0.2, -0.15) is 13.2 Å². The number of alkyl halides is 3. The van der Waals surface area contributed by atoms with Gasteiger partial charge in [-0.25, -0.2) is 0 Å². The number of benzene rings is 1. The molecule has 0 heterocycles. The predicted molar refractivity (Wildman–Crippen MR) is 72.9 cm³/mol. The van der Waals surface area contributed by atoms with Crippen LogP contribution in [0.5, 0.6) is 5.75 Å². The molecule has 0 aromatic heterocycles. The summed E-state index contributed by atoms with van der Waals surface area (Å²) in [5, 5.41) is 0. The van der Waals surface area contributed by atoms with Crippen LogP contribution in [-0.4, -0.2) is 37.8 Å². The number of nitrogens with two attached hydrogens (primary N) is 1. The number of hydrogen-bond donors (Lipinski definition) is 1. The molecule has 0 bridgehead atoms. The van der Waals surface area contributed by atoms with E-state index in [2.05, 4.69) is 4.90 Å². The zero-order valence-electron chi connectivity index (χ0n) is 12.0. The number of aryl methyl sites for hydroxylation is 2. The van der Waals surface area contributed by atoms with Gasteiger partial charge in [-0.05, 0) is 37.6 Å². The summed E-state index contributed by atoms with van der Waals surface area (Å²) in [6.07, 6.45) is -4.32. The molecule has 0 fully saturated rings. The molecule has 0 aliphatic heterocycles. The van der Waals surface area contributed by atoms with Gasteiger partial charge >= 0.3 is 6.18 Å². The molecule has 0 saturated carbocycles. The second-order valence-corrected chi connectivity index (χ2v) is 4.99. The zero-order chi connectivity index (χ0) is 15.3. The molecular weight excluding hydrogens is 269 g/mol. The van der Waals surface area contributed by atoms with Gasteiger partial charge in [-0.15, -0.1) is 0 Å². The summed E-state index contributed by atoms with van der Waals surface area (Å²) in [4.78, 5) is 2.06. The third-order valence-corrected chi connectivity index (χ3v) is 2.86. The van der Waals surface area contributed by atoms with Crippen molar-refractivity contribution < 1.29 is 17.9 Å². The monoisotopic (exact) mass is 290 g/mol. The van der Waals surface area contributed by atoms with Crippen molar-refractivity contribution in [2.75, 3.05) is 26.7 Å². The third-order valence-electron chi connectivity index (χ3n) is 2.86. The highest BCUT2D eigenvalue weighted by Gasteiger charge is 2.29. The lowest BCUT2D eigenvalue weighted by atomic mass is 10.1. The van der Waals surface area contributed by atoms with Crippen LogP contribution in [0.15, 0.2) is 12.1 Å². The zero-order valence-corrected chi connectivity index (χ0v) is 12.0. The molecule has 2 N–H and O–H groups in total. The number of likely N-dealkylation sites (N-methyl/N-ethyl adjacent to an activating group) is 1. The second-order valence-electron chi connectivity index (χ2n) is 4.99. The van der Waals surface area contributed by atoms with Gasteiger partial charge in [0.1, 0.15) is 5.75 Å². The fourth-order valence-corrected chi connectivity index (χ4v) is 2.12. The molecule has 6 heteroatoms. The first-order valence-corrected chi connectivity index (χ1v) is 6.41. The molecular formula is C14H21F3N2O. The topological polar surface area (TPSA) is 38.5 Å². The van der Waals surface area contributed by atoms with E-state index < -0.39 is 12.8 Å². The van der Waals surface area contributed by atoms with Crippen molar-refractivity contribution in [2.24, 2.45) is 5.73 Å². The summed E-state index contributed by atoms with van der Waals surface area (Å²) in [5.74, 6) is 0.313. The SMILES string of the molecule is Cc1cc(CN(C)CCN)cc(C)c1OCC(F)(F)F. The maximum Gasteiger partial charge on any atom is 0.422 e. The Morgan fingerprint density at radius 3 is 2.20 bits per heavy atom. The van der Waals surface area contributed by atoms with Crippen LogP contribution in [0, 0.1) is 13.8 Å². The Labute approximate surface area is 117 Å². The van der Waals surface area contributed by atoms with Crippen molar-refractivity contribution >= 4 is 0 Å². The molecule has 0 spiro atoms. The summed E-state index contributed by atoms with van der Waals surface area (Å²) in [6.45, 7) is 4.29. The minimum Gasteiger partial charge on any atom is -0.484 e. The molecule has 1 rings (SSSR count). The fraction of sp³-hybridized carbons (Fsp3) is 0.571. The van der Waals surface area contributed by atoms with Gasteiger partial charge in [0.15, 0.2) is 6.61 Å². The van der Waals surface area contributed by atoms with Crippen molar-refractivity contribution in [3.63, 3.8) is 0 Å². The van der Waals surface area contributed by atoms with Crippen molar-refractivity contribution in [2.45, 2.75) is 26.6 Å². The van der Waals surface area contributed by atoms with E-state index in [1.54, 1.807) is 13.8 Å². The van der Waals surface area contributed by atoms with Gasteiger partial charge in [0.25, 0.3) is 0 Å². The van der Waals surface area contributed by atoms with Gasteiger partial charge in [0.05, 0.1) is 0 Å². The Kier molecular flexibility index (Phi) is 5.83. The predicted octanol–water partition coefficient (Wildman–Crippen LogP) is 2.64. The quantitative estimate of drug-likeness (QED) is 0.875. The summed E-state index contributed by atoms with van der Waals surface area (Å²) in [7, 11) is 1.95. The smallest absolute Gasteiger partial charge is 0.422 e. The summed E-state index contributed by atoms with van der Waals surface area (Å²) < 4.78 is 41.5. The maximum absolute atomic E-state index is 12.2. The first-order chi connectivity index (χ1) is 9.23. The Morgan fingerprint density at radius 1 is 1.20 bits per heavy atom. The highest BCUT2D eigenvalue weighted by molar-refractivity contribution is 5.43. The number of hydrogen-bond acceptors (Lipinski definition) is 3. The highest BCUT2D eigenvalue weighted by Crippen LogP contribution is 2.27. The molecule has 0 radical (unpaired) electrons. The minimum absolute atomic E-state index is 0.313. The fourth-order valence-electron chi connectivity index (χ4n) is 2.12. The van der Waals surface area contributed by atoms with E-state index in [-0.39, 0.29) is 0 Å². The minimum atomic E-state index is -4.32. The molecule has 0 aliphatic carbocycles. The Bertz CT molecular complexity index is 424. The molecule has 0 aliphatic rings. The van der Waals surface area contributed by atoms with Crippen molar-refractivity contribution in [3.8, 4) is 5.75 Å². The molecule has 0 unspecified atom stereocenters. The largest absolute Gasteiger partial charge is 0.484 e. The van der Waals surface area contributed by atoms with Crippen LogP contribution in [0.2, 0.25) is 0 Å². The lowest BCUT2D eigenvalue weighted by Crippen LogP contribution is -2.25. The van der Waals surface area contributed by atoms with E-state index in [1.807, 2.05) is 19.2 Å². The summed E-state index contributed by atoms with van der Waals surface area (Å²) in [6, 6.07) is 3.71. The molecule has 1 aromatic rings. The summed E-state index contributed by atoms with van der Waals surface area (Å²) in [5.41, 5.74) is 7.94. The van der Waals surface area contributed by atoms with Gasteiger partial charge in [0.2, 0.25) is 0 Å². The van der Waals surface area contributed by atoms with Gasteiger partial charge in [-0.1, -0.05) is 12.1 Å². The molecule has 3 nitrogen and oxygen atoms in total. The lowest BCUT2D eigenvalue weighted by Gasteiger charge is -2.19.